The van der Waals surface area contributed by atoms with Crippen molar-refractivity contribution in [2.24, 2.45) is 5.92 Å². The highest BCUT2D eigenvalue weighted by Crippen LogP contribution is 2.12. The maximum Gasteiger partial charge on any atom is 0.245 e. The summed E-state index contributed by atoms with van der Waals surface area (Å²) in [6, 6.07) is -0.338. The third kappa shape index (κ3) is 4.22. The van der Waals surface area contributed by atoms with E-state index in [0.717, 1.165) is 17.9 Å². The maximum absolute atomic E-state index is 12.1. The predicted octanol–water partition coefficient (Wildman–Crippen LogP) is 1.11. The fourth-order valence-electron chi connectivity index (χ4n) is 1.87. The summed E-state index contributed by atoms with van der Waals surface area (Å²) in [6.07, 6.45) is 0.961. The average molecular weight is 258 g/mol. The minimum atomic E-state index is -0.338. The Hall–Kier alpha value is -0.710. The average Bonchev–Trinajstić information content (AvgIpc) is 2.28. The van der Waals surface area contributed by atoms with Gasteiger partial charge in [-0.3, -0.25) is 9.59 Å². The molecule has 0 aromatic rings. The smallest absolute Gasteiger partial charge is 0.245 e. The number of amides is 2. The molecule has 1 unspecified atom stereocenters. The highest BCUT2D eigenvalue weighted by molar-refractivity contribution is 7.99. The first-order valence-electron chi connectivity index (χ1n) is 6.22. The first-order chi connectivity index (χ1) is 8.06. The Morgan fingerprint density at radius 3 is 2.76 bits per heavy atom. The van der Waals surface area contributed by atoms with Crippen molar-refractivity contribution in [2.45, 2.75) is 33.2 Å². The maximum atomic E-state index is 12.1. The van der Waals surface area contributed by atoms with E-state index in [-0.39, 0.29) is 30.3 Å². The SMILES string of the molecule is CCSCCCN1CC(=O)NC(C(C)C)C1=O. The molecule has 2 amide bonds. The molecular formula is C12H22N2O2S. The molecule has 1 saturated heterocycles. The standard InChI is InChI=1S/C12H22N2O2S/c1-4-17-7-5-6-14-8-10(15)13-11(9(2)3)12(14)16/h9,11H,4-8H2,1-3H3,(H,13,15). The van der Waals surface area contributed by atoms with Crippen LogP contribution in [0.2, 0.25) is 0 Å². The largest absolute Gasteiger partial charge is 0.343 e. The van der Waals surface area contributed by atoms with Gasteiger partial charge in [0.05, 0.1) is 6.54 Å². The molecule has 1 aliphatic rings. The van der Waals surface area contributed by atoms with Crippen LogP contribution in [0, 0.1) is 5.92 Å². The lowest BCUT2D eigenvalue weighted by molar-refractivity contribution is -0.145. The number of carbonyl (C=O) groups is 2. The molecule has 1 atom stereocenters. The normalized spacial score (nSPS) is 20.9. The molecule has 5 heteroatoms. The lowest BCUT2D eigenvalue weighted by atomic mass is 10.0. The van der Waals surface area contributed by atoms with Crippen molar-refractivity contribution in [3.8, 4) is 0 Å². The van der Waals surface area contributed by atoms with Gasteiger partial charge in [-0.25, -0.2) is 0 Å². The van der Waals surface area contributed by atoms with Crippen molar-refractivity contribution in [1.82, 2.24) is 10.2 Å². The van der Waals surface area contributed by atoms with E-state index in [9.17, 15) is 9.59 Å². The van der Waals surface area contributed by atoms with Crippen molar-refractivity contribution < 1.29 is 9.59 Å². The van der Waals surface area contributed by atoms with Crippen LogP contribution in [-0.2, 0) is 9.59 Å². The molecule has 98 valence electrons. The van der Waals surface area contributed by atoms with Gasteiger partial charge in [0.15, 0.2) is 0 Å². The Morgan fingerprint density at radius 1 is 1.47 bits per heavy atom. The molecule has 0 saturated carbocycles. The number of nitrogens with zero attached hydrogens (tertiary/aromatic N) is 1. The van der Waals surface area contributed by atoms with Gasteiger partial charge in [-0.1, -0.05) is 20.8 Å². The van der Waals surface area contributed by atoms with Crippen LogP contribution in [-0.4, -0.2) is 47.4 Å². The Labute approximate surface area is 108 Å². The third-order valence-corrected chi connectivity index (χ3v) is 3.80. The molecule has 0 bridgehead atoms. The minimum Gasteiger partial charge on any atom is -0.343 e. The summed E-state index contributed by atoms with van der Waals surface area (Å²) in [5.41, 5.74) is 0. The number of piperazine rings is 1. The van der Waals surface area contributed by atoms with E-state index in [1.807, 2.05) is 25.6 Å². The second-order valence-electron chi connectivity index (χ2n) is 4.60. The van der Waals surface area contributed by atoms with Crippen LogP contribution in [0.1, 0.15) is 27.2 Å². The lowest BCUT2D eigenvalue weighted by Gasteiger charge is -2.34. The highest BCUT2D eigenvalue weighted by atomic mass is 32.2. The summed E-state index contributed by atoms with van der Waals surface area (Å²) in [6.45, 7) is 6.96. The first-order valence-corrected chi connectivity index (χ1v) is 7.37. The zero-order valence-corrected chi connectivity index (χ0v) is 11.7. The number of nitrogens with one attached hydrogen (secondary N) is 1. The van der Waals surface area contributed by atoms with Gasteiger partial charge in [0, 0.05) is 6.54 Å². The Bertz CT molecular complexity index is 282. The summed E-state index contributed by atoms with van der Waals surface area (Å²) in [7, 11) is 0. The molecule has 1 heterocycles. The molecule has 0 spiro atoms. The van der Waals surface area contributed by atoms with Crippen LogP contribution in [0.3, 0.4) is 0 Å². The van der Waals surface area contributed by atoms with E-state index in [1.165, 1.54) is 0 Å². The second kappa shape index (κ2) is 6.89. The van der Waals surface area contributed by atoms with E-state index < -0.39 is 0 Å². The fourth-order valence-corrected chi connectivity index (χ4v) is 2.49. The summed E-state index contributed by atoms with van der Waals surface area (Å²) < 4.78 is 0. The summed E-state index contributed by atoms with van der Waals surface area (Å²) in [4.78, 5) is 25.3. The van der Waals surface area contributed by atoms with Gasteiger partial charge < -0.3 is 10.2 Å². The summed E-state index contributed by atoms with van der Waals surface area (Å²) in [5, 5.41) is 2.76. The highest BCUT2D eigenvalue weighted by Gasteiger charge is 2.33. The molecule has 0 aromatic carbocycles. The first kappa shape index (κ1) is 14.4. The van der Waals surface area contributed by atoms with E-state index in [4.69, 9.17) is 0 Å². The molecule has 0 radical (unpaired) electrons. The number of hydrogen-bond donors (Lipinski definition) is 1. The predicted molar refractivity (Wildman–Crippen MR) is 71.0 cm³/mol. The number of thioether (sulfide) groups is 1. The zero-order valence-electron chi connectivity index (χ0n) is 10.9. The third-order valence-electron chi connectivity index (χ3n) is 2.82. The molecule has 1 aliphatic heterocycles. The van der Waals surface area contributed by atoms with E-state index >= 15 is 0 Å². The molecule has 1 rings (SSSR count). The van der Waals surface area contributed by atoms with Gasteiger partial charge in [-0.2, -0.15) is 11.8 Å². The molecule has 0 aromatic heterocycles. The second-order valence-corrected chi connectivity index (χ2v) is 5.99. The Balaban J connectivity index is 2.47. The van der Waals surface area contributed by atoms with Crippen LogP contribution in [0.15, 0.2) is 0 Å². The molecule has 1 fully saturated rings. The number of rotatable bonds is 6. The monoisotopic (exact) mass is 258 g/mol. The van der Waals surface area contributed by atoms with Gasteiger partial charge in [-0.15, -0.1) is 0 Å². The zero-order chi connectivity index (χ0) is 12.8. The van der Waals surface area contributed by atoms with Crippen LogP contribution in [0.25, 0.3) is 0 Å². The van der Waals surface area contributed by atoms with Crippen molar-refractivity contribution in [1.29, 1.82) is 0 Å². The molecule has 0 aliphatic carbocycles. The Kier molecular flexibility index (Phi) is 5.82. The van der Waals surface area contributed by atoms with Crippen LogP contribution in [0.5, 0.6) is 0 Å². The minimum absolute atomic E-state index is 0.0357. The summed E-state index contributed by atoms with van der Waals surface area (Å²) in [5.74, 6) is 2.34. The van der Waals surface area contributed by atoms with E-state index in [0.29, 0.717) is 6.54 Å². The van der Waals surface area contributed by atoms with Gasteiger partial charge in [-0.05, 0) is 23.8 Å². The van der Waals surface area contributed by atoms with Crippen LogP contribution >= 0.6 is 11.8 Å². The van der Waals surface area contributed by atoms with Gasteiger partial charge in [0.2, 0.25) is 11.8 Å². The number of carbonyl (C=O) groups excluding carboxylic acids is 2. The topological polar surface area (TPSA) is 49.4 Å². The van der Waals surface area contributed by atoms with E-state index in [2.05, 4.69) is 12.2 Å². The van der Waals surface area contributed by atoms with Crippen molar-refractivity contribution >= 4 is 23.6 Å². The fraction of sp³-hybridized carbons (Fsp3) is 0.833. The van der Waals surface area contributed by atoms with E-state index in [1.54, 1.807) is 4.90 Å². The van der Waals surface area contributed by atoms with Crippen LogP contribution < -0.4 is 5.32 Å². The molecule has 17 heavy (non-hydrogen) atoms. The molecular weight excluding hydrogens is 236 g/mol. The Morgan fingerprint density at radius 2 is 2.18 bits per heavy atom. The van der Waals surface area contributed by atoms with Crippen LogP contribution in [0.4, 0.5) is 0 Å². The van der Waals surface area contributed by atoms with Crippen molar-refractivity contribution in [3.63, 3.8) is 0 Å². The molecule has 4 nitrogen and oxygen atoms in total. The lowest BCUT2D eigenvalue weighted by Crippen LogP contribution is -2.59. The quantitative estimate of drug-likeness (QED) is 0.726. The summed E-state index contributed by atoms with van der Waals surface area (Å²) >= 11 is 1.87. The van der Waals surface area contributed by atoms with Crippen molar-refractivity contribution in [2.75, 3.05) is 24.6 Å². The van der Waals surface area contributed by atoms with Crippen molar-refractivity contribution in [3.05, 3.63) is 0 Å². The van der Waals surface area contributed by atoms with Gasteiger partial charge >= 0.3 is 0 Å². The number of hydrogen-bond acceptors (Lipinski definition) is 3. The van der Waals surface area contributed by atoms with Gasteiger partial charge in [0.1, 0.15) is 6.04 Å². The van der Waals surface area contributed by atoms with Gasteiger partial charge in [0.25, 0.3) is 0 Å². The molecule has 1 N–H and O–H groups in total.